The molecule has 0 fully saturated rings. The van der Waals surface area contributed by atoms with Gasteiger partial charge in [0.25, 0.3) is 5.91 Å². The molecule has 0 bridgehead atoms. The first-order valence-electron chi connectivity index (χ1n) is 8.17. The number of nitrogens with one attached hydrogen (secondary N) is 1. The second kappa shape index (κ2) is 8.44. The molecule has 0 aliphatic heterocycles. The number of rotatable bonds is 7. The SMILES string of the molecule is COC(=O)CCNC(=O)c1cn(Cc2ccccc2)nc1-c1cccs1. The lowest BCUT2D eigenvalue weighted by Crippen LogP contribution is -2.26. The van der Waals surface area contributed by atoms with Gasteiger partial charge in [-0.2, -0.15) is 5.10 Å². The van der Waals surface area contributed by atoms with Gasteiger partial charge in [-0.25, -0.2) is 0 Å². The monoisotopic (exact) mass is 369 g/mol. The van der Waals surface area contributed by atoms with E-state index < -0.39 is 0 Å². The quantitative estimate of drug-likeness (QED) is 0.650. The van der Waals surface area contributed by atoms with E-state index in [1.54, 1.807) is 10.9 Å². The number of amides is 1. The van der Waals surface area contributed by atoms with E-state index in [1.165, 1.54) is 18.4 Å². The standard InChI is InChI=1S/C19H19N3O3S/c1-25-17(23)9-10-20-19(24)15-13-22(12-14-6-3-2-4-7-14)21-18(15)16-8-5-11-26-16/h2-8,11,13H,9-10,12H2,1H3,(H,20,24). The van der Waals surface area contributed by atoms with Gasteiger partial charge in [0.15, 0.2) is 0 Å². The van der Waals surface area contributed by atoms with Gasteiger partial charge in [-0.3, -0.25) is 14.3 Å². The smallest absolute Gasteiger partial charge is 0.307 e. The third kappa shape index (κ3) is 4.37. The molecule has 26 heavy (non-hydrogen) atoms. The molecule has 0 atom stereocenters. The Morgan fingerprint density at radius 3 is 2.69 bits per heavy atom. The highest BCUT2D eigenvalue weighted by molar-refractivity contribution is 7.13. The van der Waals surface area contributed by atoms with Crippen molar-refractivity contribution < 1.29 is 14.3 Å². The lowest BCUT2D eigenvalue weighted by atomic mass is 10.2. The van der Waals surface area contributed by atoms with Crippen molar-refractivity contribution in [3.8, 4) is 10.6 Å². The first kappa shape index (κ1) is 17.9. The van der Waals surface area contributed by atoms with Crippen molar-refractivity contribution in [3.63, 3.8) is 0 Å². The number of ether oxygens (including phenoxy) is 1. The summed E-state index contributed by atoms with van der Waals surface area (Å²) in [6.45, 7) is 0.800. The van der Waals surface area contributed by atoms with Gasteiger partial charge < -0.3 is 10.1 Å². The summed E-state index contributed by atoms with van der Waals surface area (Å²) in [5.74, 6) is -0.611. The van der Waals surface area contributed by atoms with Crippen molar-refractivity contribution in [2.24, 2.45) is 0 Å². The van der Waals surface area contributed by atoms with Gasteiger partial charge in [-0.05, 0) is 17.0 Å². The van der Waals surface area contributed by atoms with Crippen LogP contribution in [0.25, 0.3) is 10.6 Å². The Hall–Kier alpha value is -2.93. The zero-order valence-corrected chi connectivity index (χ0v) is 15.2. The molecule has 0 radical (unpaired) electrons. The van der Waals surface area contributed by atoms with E-state index in [-0.39, 0.29) is 24.8 Å². The van der Waals surface area contributed by atoms with Crippen LogP contribution in [0.3, 0.4) is 0 Å². The molecule has 134 valence electrons. The molecule has 2 heterocycles. The summed E-state index contributed by atoms with van der Waals surface area (Å²) in [5.41, 5.74) is 2.24. The lowest BCUT2D eigenvalue weighted by Gasteiger charge is -2.03. The van der Waals surface area contributed by atoms with Crippen molar-refractivity contribution in [3.05, 3.63) is 65.2 Å². The van der Waals surface area contributed by atoms with Crippen LogP contribution in [0, 0.1) is 0 Å². The summed E-state index contributed by atoms with van der Waals surface area (Å²) in [4.78, 5) is 24.7. The third-order valence-corrected chi connectivity index (χ3v) is 4.67. The van der Waals surface area contributed by atoms with Gasteiger partial charge in [0.2, 0.25) is 0 Å². The number of nitrogens with zero attached hydrogens (tertiary/aromatic N) is 2. The number of carbonyl (C=O) groups is 2. The molecule has 0 unspecified atom stereocenters. The van der Waals surface area contributed by atoms with Gasteiger partial charge in [0.05, 0.1) is 30.5 Å². The summed E-state index contributed by atoms with van der Waals surface area (Å²) in [6, 6.07) is 13.8. The molecule has 0 aliphatic rings. The number of hydrogen-bond acceptors (Lipinski definition) is 5. The Kier molecular flexibility index (Phi) is 5.80. The van der Waals surface area contributed by atoms with Crippen molar-refractivity contribution in [1.29, 1.82) is 0 Å². The normalized spacial score (nSPS) is 10.5. The highest BCUT2D eigenvalue weighted by atomic mass is 32.1. The van der Waals surface area contributed by atoms with Gasteiger partial charge in [-0.15, -0.1) is 11.3 Å². The van der Waals surface area contributed by atoms with E-state index in [9.17, 15) is 9.59 Å². The zero-order chi connectivity index (χ0) is 18.4. The maximum Gasteiger partial charge on any atom is 0.307 e. The maximum absolute atomic E-state index is 12.6. The van der Waals surface area contributed by atoms with E-state index >= 15 is 0 Å². The first-order valence-corrected chi connectivity index (χ1v) is 9.05. The second-order valence-corrected chi connectivity index (χ2v) is 6.58. The molecule has 2 aromatic heterocycles. The van der Waals surface area contributed by atoms with Gasteiger partial charge >= 0.3 is 5.97 Å². The average Bonchev–Trinajstić information content (AvgIpc) is 3.32. The van der Waals surface area contributed by atoms with Crippen LogP contribution < -0.4 is 5.32 Å². The van der Waals surface area contributed by atoms with Crippen molar-refractivity contribution in [2.45, 2.75) is 13.0 Å². The molecule has 1 aromatic carbocycles. The van der Waals surface area contributed by atoms with E-state index in [0.717, 1.165) is 10.4 Å². The number of hydrogen-bond donors (Lipinski definition) is 1. The van der Waals surface area contributed by atoms with Gasteiger partial charge in [0, 0.05) is 12.7 Å². The van der Waals surface area contributed by atoms with Crippen LogP contribution in [0.2, 0.25) is 0 Å². The number of benzene rings is 1. The number of esters is 1. The third-order valence-electron chi connectivity index (χ3n) is 3.79. The largest absolute Gasteiger partial charge is 0.469 e. The van der Waals surface area contributed by atoms with Crippen LogP contribution in [-0.4, -0.2) is 35.3 Å². The molecule has 0 spiro atoms. The second-order valence-electron chi connectivity index (χ2n) is 5.63. The van der Waals surface area contributed by atoms with Crippen LogP contribution >= 0.6 is 11.3 Å². The molecule has 6 nitrogen and oxygen atoms in total. The lowest BCUT2D eigenvalue weighted by molar-refractivity contribution is -0.140. The Bertz CT molecular complexity index is 873. The Morgan fingerprint density at radius 2 is 2.00 bits per heavy atom. The van der Waals surface area contributed by atoms with Crippen LogP contribution in [0.15, 0.2) is 54.0 Å². The Balaban J connectivity index is 1.80. The minimum atomic E-state index is -0.358. The molecule has 7 heteroatoms. The number of methoxy groups -OCH3 is 1. The van der Waals surface area contributed by atoms with E-state index in [0.29, 0.717) is 17.8 Å². The number of carbonyl (C=O) groups excluding carboxylic acids is 2. The van der Waals surface area contributed by atoms with Crippen LogP contribution in [-0.2, 0) is 16.1 Å². The Morgan fingerprint density at radius 1 is 1.19 bits per heavy atom. The van der Waals surface area contributed by atoms with Crippen LogP contribution in [0.5, 0.6) is 0 Å². The summed E-state index contributed by atoms with van der Waals surface area (Å²) in [7, 11) is 1.33. The number of aromatic nitrogens is 2. The fraction of sp³-hybridized carbons (Fsp3) is 0.211. The highest BCUT2D eigenvalue weighted by Gasteiger charge is 2.19. The van der Waals surface area contributed by atoms with Crippen molar-refractivity contribution in [2.75, 3.05) is 13.7 Å². The molecule has 3 aromatic rings. The Labute approximate surface area is 155 Å². The topological polar surface area (TPSA) is 73.2 Å². The van der Waals surface area contributed by atoms with Gasteiger partial charge in [-0.1, -0.05) is 36.4 Å². The predicted molar refractivity (Wildman–Crippen MR) is 100 cm³/mol. The van der Waals surface area contributed by atoms with E-state index in [2.05, 4.69) is 15.2 Å². The molecule has 0 saturated carbocycles. The fourth-order valence-electron chi connectivity index (χ4n) is 2.51. The molecule has 1 N–H and O–H groups in total. The van der Waals surface area contributed by atoms with Crippen molar-refractivity contribution >= 4 is 23.2 Å². The first-order chi connectivity index (χ1) is 12.7. The molecule has 1 amide bonds. The fourth-order valence-corrected chi connectivity index (χ4v) is 3.23. The summed E-state index contributed by atoms with van der Waals surface area (Å²) in [5, 5.41) is 9.31. The van der Waals surface area contributed by atoms with E-state index in [4.69, 9.17) is 0 Å². The zero-order valence-electron chi connectivity index (χ0n) is 14.3. The average molecular weight is 369 g/mol. The molecule has 3 rings (SSSR count). The van der Waals surface area contributed by atoms with Crippen LogP contribution in [0.1, 0.15) is 22.3 Å². The highest BCUT2D eigenvalue weighted by Crippen LogP contribution is 2.27. The maximum atomic E-state index is 12.6. The summed E-state index contributed by atoms with van der Waals surface area (Å²) in [6.07, 6.45) is 1.88. The number of thiophene rings is 1. The van der Waals surface area contributed by atoms with E-state index in [1.807, 2.05) is 47.8 Å². The molecule has 0 aliphatic carbocycles. The summed E-state index contributed by atoms with van der Waals surface area (Å²) < 4.78 is 6.35. The predicted octanol–water partition coefficient (Wildman–Crippen LogP) is 2.95. The van der Waals surface area contributed by atoms with Crippen LogP contribution in [0.4, 0.5) is 0 Å². The molecule has 0 saturated heterocycles. The van der Waals surface area contributed by atoms with Crippen molar-refractivity contribution in [1.82, 2.24) is 15.1 Å². The van der Waals surface area contributed by atoms with Gasteiger partial charge in [0.1, 0.15) is 5.69 Å². The minimum absolute atomic E-state index is 0.134. The molecular weight excluding hydrogens is 350 g/mol. The summed E-state index contributed by atoms with van der Waals surface area (Å²) >= 11 is 1.53. The molecular formula is C19H19N3O3S. The minimum Gasteiger partial charge on any atom is -0.469 e.